The molecule has 0 saturated heterocycles. The van der Waals surface area contributed by atoms with Gasteiger partial charge in [0.1, 0.15) is 12.4 Å². The first-order valence-corrected chi connectivity index (χ1v) is 7.44. The molecule has 0 atom stereocenters. The largest absolute Gasteiger partial charge is 0.497 e. The van der Waals surface area contributed by atoms with E-state index in [1.165, 1.54) is 0 Å². The number of pyridine rings is 1. The first-order chi connectivity index (χ1) is 11.7. The average molecular weight is 346 g/mol. The van der Waals surface area contributed by atoms with Gasteiger partial charge in [0, 0.05) is 18.0 Å². The number of methoxy groups -OCH3 is 1. The van der Waals surface area contributed by atoms with Crippen molar-refractivity contribution in [3.63, 3.8) is 0 Å². The van der Waals surface area contributed by atoms with Crippen molar-refractivity contribution in [1.29, 1.82) is 0 Å². The van der Waals surface area contributed by atoms with Gasteiger partial charge in [0.15, 0.2) is 11.0 Å². The number of hydrogen-bond donors (Lipinski definition) is 0. The van der Waals surface area contributed by atoms with Gasteiger partial charge in [0.2, 0.25) is 5.82 Å². The standard InChI is InChI=1S/C17H13ClFN3O2/c1-23-13-4-2-11(3-5-13)10-24-17-14(19)15(18)21-16(22-17)12-6-8-20-9-7-12/h2-9H,10H2,1H3. The lowest BCUT2D eigenvalue weighted by molar-refractivity contribution is 0.276. The quantitative estimate of drug-likeness (QED) is 0.656. The molecule has 5 nitrogen and oxygen atoms in total. The number of rotatable bonds is 5. The van der Waals surface area contributed by atoms with E-state index in [0.717, 1.165) is 11.3 Å². The van der Waals surface area contributed by atoms with Gasteiger partial charge in [0.25, 0.3) is 5.88 Å². The highest BCUT2D eigenvalue weighted by Gasteiger charge is 2.15. The molecule has 0 amide bonds. The van der Waals surface area contributed by atoms with E-state index in [4.69, 9.17) is 21.1 Å². The second kappa shape index (κ2) is 7.23. The first-order valence-electron chi connectivity index (χ1n) is 7.06. The van der Waals surface area contributed by atoms with Gasteiger partial charge in [-0.3, -0.25) is 4.98 Å². The van der Waals surface area contributed by atoms with Crippen LogP contribution in [0.25, 0.3) is 11.4 Å². The predicted octanol–water partition coefficient (Wildman–Crippen LogP) is 3.92. The molecule has 1 aromatic carbocycles. The second-order valence-corrected chi connectivity index (χ2v) is 5.19. The monoisotopic (exact) mass is 345 g/mol. The number of aromatic nitrogens is 3. The number of halogens is 2. The highest BCUT2D eigenvalue weighted by molar-refractivity contribution is 6.29. The van der Waals surface area contributed by atoms with Gasteiger partial charge in [-0.05, 0) is 29.8 Å². The van der Waals surface area contributed by atoms with E-state index in [2.05, 4.69) is 15.0 Å². The number of ether oxygens (including phenoxy) is 2. The molecular formula is C17H13ClFN3O2. The molecule has 0 spiro atoms. The lowest BCUT2D eigenvalue weighted by Gasteiger charge is -2.09. The topological polar surface area (TPSA) is 57.1 Å². The molecule has 0 radical (unpaired) electrons. The molecule has 0 aliphatic carbocycles. The fourth-order valence-corrected chi connectivity index (χ4v) is 2.16. The maximum atomic E-state index is 14.1. The Morgan fingerprint density at radius 3 is 2.42 bits per heavy atom. The zero-order valence-electron chi connectivity index (χ0n) is 12.7. The van der Waals surface area contributed by atoms with Crippen molar-refractivity contribution in [2.75, 3.05) is 7.11 Å². The molecule has 3 aromatic rings. The van der Waals surface area contributed by atoms with Crippen molar-refractivity contribution >= 4 is 11.6 Å². The van der Waals surface area contributed by atoms with Crippen LogP contribution in [-0.2, 0) is 6.61 Å². The van der Waals surface area contributed by atoms with Crippen molar-refractivity contribution in [3.8, 4) is 23.0 Å². The summed E-state index contributed by atoms with van der Waals surface area (Å²) < 4.78 is 24.7. The molecule has 0 aliphatic heterocycles. The molecule has 2 aromatic heterocycles. The molecule has 0 bridgehead atoms. The highest BCUT2D eigenvalue weighted by Crippen LogP contribution is 2.26. The third kappa shape index (κ3) is 3.60. The van der Waals surface area contributed by atoms with Crippen LogP contribution < -0.4 is 9.47 Å². The minimum atomic E-state index is -0.789. The molecule has 7 heteroatoms. The van der Waals surface area contributed by atoms with Crippen LogP contribution in [0.1, 0.15) is 5.56 Å². The fraction of sp³-hybridized carbons (Fsp3) is 0.118. The van der Waals surface area contributed by atoms with Crippen LogP contribution in [-0.4, -0.2) is 22.1 Å². The van der Waals surface area contributed by atoms with Gasteiger partial charge < -0.3 is 9.47 Å². The van der Waals surface area contributed by atoms with Gasteiger partial charge >= 0.3 is 0 Å². The van der Waals surface area contributed by atoms with Crippen LogP contribution in [0.3, 0.4) is 0 Å². The Bertz CT molecular complexity index is 829. The van der Waals surface area contributed by atoms with Crippen molar-refractivity contribution in [2.45, 2.75) is 6.61 Å². The number of nitrogens with zero attached hydrogens (tertiary/aromatic N) is 3. The van der Waals surface area contributed by atoms with Gasteiger partial charge in [-0.15, -0.1) is 0 Å². The van der Waals surface area contributed by atoms with Crippen LogP contribution in [0.2, 0.25) is 5.15 Å². The van der Waals surface area contributed by atoms with E-state index in [0.29, 0.717) is 5.56 Å². The van der Waals surface area contributed by atoms with Crippen LogP contribution in [0.4, 0.5) is 4.39 Å². The molecule has 24 heavy (non-hydrogen) atoms. The Morgan fingerprint density at radius 1 is 1.04 bits per heavy atom. The average Bonchev–Trinajstić information content (AvgIpc) is 2.64. The fourth-order valence-electron chi connectivity index (χ4n) is 2.00. The second-order valence-electron chi connectivity index (χ2n) is 4.83. The van der Waals surface area contributed by atoms with E-state index in [9.17, 15) is 4.39 Å². The van der Waals surface area contributed by atoms with Crippen molar-refractivity contribution < 1.29 is 13.9 Å². The third-order valence-electron chi connectivity index (χ3n) is 3.25. The minimum absolute atomic E-state index is 0.143. The first kappa shape index (κ1) is 16.1. The summed E-state index contributed by atoms with van der Waals surface area (Å²) in [6.07, 6.45) is 3.18. The Morgan fingerprint density at radius 2 is 1.75 bits per heavy atom. The van der Waals surface area contributed by atoms with Gasteiger partial charge in [0.05, 0.1) is 7.11 Å². The lowest BCUT2D eigenvalue weighted by atomic mass is 10.2. The Kier molecular flexibility index (Phi) is 4.86. The molecule has 0 fully saturated rings. The maximum absolute atomic E-state index is 14.1. The predicted molar refractivity (Wildman–Crippen MR) is 87.6 cm³/mol. The van der Waals surface area contributed by atoms with E-state index < -0.39 is 5.82 Å². The van der Waals surface area contributed by atoms with Crippen LogP contribution >= 0.6 is 11.6 Å². The smallest absolute Gasteiger partial charge is 0.256 e. The summed E-state index contributed by atoms with van der Waals surface area (Å²) in [5.41, 5.74) is 1.51. The van der Waals surface area contributed by atoms with E-state index in [-0.39, 0.29) is 23.5 Å². The lowest BCUT2D eigenvalue weighted by Crippen LogP contribution is -2.03. The highest BCUT2D eigenvalue weighted by atomic mass is 35.5. The van der Waals surface area contributed by atoms with E-state index in [1.807, 2.05) is 12.1 Å². The normalized spacial score (nSPS) is 10.5. The molecule has 0 saturated carbocycles. The minimum Gasteiger partial charge on any atom is -0.497 e. The molecule has 0 unspecified atom stereocenters. The summed E-state index contributed by atoms with van der Waals surface area (Å²) >= 11 is 5.85. The molecule has 3 rings (SSSR count). The summed E-state index contributed by atoms with van der Waals surface area (Å²) in [6, 6.07) is 10.6. The maximum Gasteiger partial charge on any atom is 0.256 e. The molecule has 0 N–H and O–H groups in total. The Hall–Kier alpha value is -2.73. The molecular weight excluding hydrogens is 333 g/mol. The Labute approximate surface area is 143 Å². The molecule has 2 heterocycles. The SMILES string of the molecule is COc1ccc(COc2nc(-c3ccncc3)nc(Cl)c2F)cc1. The zero-order valence-corrected chi connectivity index (χ0v) is 13.5. The van der Waals surface area contributed by atoms with E-state index in [1.54, 1.807) is 43.8 Å². The van der Waals surface area contributed by atoms with Crippen LogP contribution in [0.15, 0.2) is 48.8 Å². The zero-order chi connectivity index (χ0) is 16.9. The number of hydrogen-bond acceptors (Lipinski definition) is 5. The Balaban J connectivity index is 1.83. The van der Waals surface area contributed by atoms with Gasteiger partial charge in [-0.2, -0.15) is 9.37 Å². The summed E-state index contributed by atoms with van der Waals surface area (Å²) in [6.45, 7) is 0.143. The summed E-state index contributed by atoms with van der Waals surface area (Å²) in [4.78, 5) is 12.0. The summed E-state index contributed by atoms with van der Waals surface area (Å²) in [5.74, 6) is 0.0177. The van der Waals surface area contributed by atoms with Crippen molar-refractivity contribution in [3.05, 3.63) is 65.3 Å². The molecule has 122 valence electrons. The van der Waals surface area contributed by atoms with Crippen molar-refractivity contribution in [2.24, 2.45) is 0 Å². The summed E-state index contributed by atoms with van der Waals surface area (Å²) in [7, 11) is 1.59. The van der Waals surface area contributed by atoms with Crippen LogP contribution in [0.5, 0.6) is 11.6 Å². The number of benzene rings is 1. The van der Waals surface area contributed by atoms with Gasteiger partial charge in [-0.25, -0.2) is 4.98 Å². The third-order valence-corrected chi connectivity index (χ3v) is 3.50. The van der Waals surface area contributed by atoms with E-state index >= 15 is 0 Å². The van der Waals surface area contributed by atoms with Gasteiger partial charge in [-0.1, -0.05) is 23.7 Å². The van der Waals surface area contributed by atoms with Crippen molar-refractivity contribution in [1.82, 2.24) is 15.0 Å². The van der Waals surface area contributed by atoms with Crippen LogP contribution in [0, 0.1) is 5.82 Å². The summed E-state index contributed by atoms with van der Waals surface area (Å²) in [5, 5.41) is -0.290. The molecule has 0 aliphatic rings.